The first kappa shape index (κ1) is 13.1. The van der Waals surface area contributed by atoms with Crippen molar-refractivity contribution >= 4 is 23.3 Å². The van der Waals surface area contributed by atoms with E-state index in [1.54, 1.807) is 20.2 Å². The maximum absolute atomic E-state index is 5.66. The highest BCUT2D eigenvalue weighted by Crippen LogP contribution is 2.22. The molecule has 0 fully saturated rings. The highest BCUT2D eigenvalue weighted by Gasteiger charge is 2.05. The van der Waals surface area contributed by atoms with E-state index in [4.69, 9.17) is 10.5 Å². The summed E-state index contributed by atoms with van der Waals surface area (Å²) in [6.45, 7) is 0.530. The van der Waals surface area contributed by atoms with Gasteiger partial charge in [-0.3, -0.25) is 0 Å². The summed E-state index contributed by atoms with van der Waals surface area (Å²) in [6, 6.07) is 9.67. The molecule has 0 saturated heterocycles. The fourth-order valence-electron chi connectivity index (χ4n) is 1.72. The Morgan fingerprint density at radius 1 is 1.21 bits per heavy atom. The third-order valence-corrected chi connectivity index (χ3v) is 2.58. The van der Waals surface area contributed by atoms with Crippen LogP contribution in [0.4, 0.5) is 23.3 Å². The van der Waals surface area contributed by atoms with Gasteiger partial charge in [0, 0.05) is 31.5 Å². The van der Waals surface area contributed by atoms with E-state index in [0.29, 0.717) is 18.2 Å². The number of rotatable bonds is 5. The van der Waals surface area contributed by atoms with Gasteiger partial charge in [0.2, 0.25) is 5.95 Å². The summed E-state index contributed by atoms with van der Waals surface area (Å²) in [7, 11) is 3.45. The second kappa shape index (κ2) is 6.01. The fourth-order valence-corrected chi connectivity index (χ4v) is 1.72. The van der Waals surface area contributed by atoms with Crippen molar-refractivity contribution in [2.24, 2.45) is 0 Å². The minimum absolute atomic E-state index is 0.221. The van der Waals surface area contributed by atoms with Gasteiger partial charge in [-0.2, -0.15) is 9.97 Å². The van der Waals surface area contributed by atoms with Crippen LogP contribution in [-0.4, -0.2) is 24.1 Å². The molecule has 0 atom stereocenters. The summed E-state index contributed by atoms with van der Waals surface area (Å²) in [5, 5.41) is 6.16. The number of nitrogens with two attached hydrogens (primary N) is 1. The number of nitrogens with zero attached hydrogens (tertiary/aromatic N) is 2. The van der Waals surface area contributed by atoms with E-state index in [1.807, 2.05) is 24.3 Å². The van der Waals surface area contributed by atoms with Gasteiger partial charge in [0.15, 0.2) is 0 Å². The lowest BCUT2D eigenvalue weighted by molar-refractivity contribution is 0.185. The zero-order valence-corrected chi connectivity index (χ0v) is 11.0. The average molecular weight is 259 g/mol. The molecule has 1 heterocycles. The molecule has 4 N–H and O–H groups in total. The molecule has 0 spiro atoms. The predicted octanol–water partition coefficient (Wildman–Crippen LogP) is 1.99. The summed E-state index contributed by atoms with van der Waals surface area (Å²) in [6.07, 6.45) is 0. The van der Waals surface area contributed by atoms with Crippen molar-refractivity contribution in [3.8, 4) is 0 Å². The molecule has 19 heavy (non-hydrogen) atoms. The van der Waals surface area contributed by atoms with Crippen molar-refractivity contribution in [1.29, 1.82) is 0 Å². The number of anilines is 4. The van der Waals surface area contributed by atoms with E-state index in [1.165, 1.54) is 0 Å². The molecule has 0 aliphatic heterocycles. The van der Waals surface area contributed by atoms with Gasteiger partial charge < -0.3 is 21.1 Å². The predicted molar refractivity (Wildman–Crippen MR) is 76.4 cm³/mol. The quantitative estimate of drug-likeness (QED) is 0.761. The van der Waals surface area contributed by atoms with Gasteiger partial charge in [0.1, 0.15) is 11.6 Å². The first-order valence-corrected chi connectivity index (χ1v) is 5.89. The molecule has 0 aliphatic rings. The molecule has 1 aromatic carbocycles. The van der Waals surface area contributed by atoms with Crippen LogP contribution in [0.3, 0.4) is 0 Å². The standard InChI is InChI=1S/C13H17N5O/c1-15-11-7-12(18-13(14)17-11)16-10-6-4-3-5-9(10)8-19-2/h3-7H,8H2,1-2H3,(H4,14,15,16,17,18). The van der Waals surface area contributed by atoms with Crippen LogP contribution in [0.5, 0.6) is 0 Å². The van der Waals surface area contributed by atoms with Crippen LogP contribution >= 0.6 is 0 Å². The first-order valence-electron chi connectivity index (χ1n) is 5.89. The number of benzene rings is 1. The summed E-state index contributed by atoms with van der Waals surface area (Å²) in [4.78, 5) is 8.20. The van der Waals surface area contributed by atoms with Gasteiger partial charge in [0.05, 0.1) is 6.61 Å². The number of nitrogen functional groups attached to an aromatic ring is 1. The lowest BCUT2D eigenvalue weighted by atomic mass is 10.2. The second-order valence-corrected chi connectivity index (χ2v) is 3.96. The van der Waals surface area contributed by atoms with Crippen molar-refractivity contribution in [3.05, 3.63) is 35.9 Å². The molecule has 6 heteroatoms. The summed E-state index contributed by atoms with van der Waals surface area (Å²) < 4.78 is 5.17. The smallest absolute Gasteiger partial charge is 0.223 e. The third-order valence-electron chi connectivity index (χ3n) is 2.58. The molecular formula is C13H17N5O. The Morgan fingerprint density at radius 2 is 1.95 bits per heavy atom. The third kappa shape index (κ3) is 3.32. The second-order valence-electron chi connectivity index (χ2n) is 3.96. The van der Waals surface area contributed by atoms with Gasteiger partial charge in [-0.15, -0.1) is 0 Å². The monoisotopic (exact) mass is 259 g/mol. The lowest BCUT2D eigenvalue weighted by Gasteiger charge is -2.12. The van der Waals surface area contributed by atoms with Crippen molar-refractivity contribution < 1.29 is 4.74 Å². The molecule has 0 saturated carbocycles. The SMILES string of the molecule is CNc1cc(Nc2ccccc2COC)nc(N)n1. The Morgan fingerprint density at radius 3 is 2.68 bits per heavy atom. The number of methoxy groups -OCH3 is 1. The molecule has 0 unspecified atom stereocenters. The van der Waals surface area contributed by atoms with Crippen molar-refractivity contribution in [3.63, 3.8) is 0 Å². The summed E-state index contributed by atoms with van der Waals surface area (Å²) in [5.41, 5.74) is 7.64. The lowest BCUT2D eigenvalue weighted by Crippen LogP contribution is -2.04. The number of nitrogens with one attached hydrogen (secondary N) is 2. The zero-order chi connectivity index (χ0) is 13.7. The molecule has 1 aromatic heterocycles. The maximum atomic E-state index is 5.66. The molecular weight excluding hydrogens is 242 g/mol. The van der Waals surface area contributed by atoms with E-state index in [0.717, 1.165) is 11.3 Å². The van der Waals surface area contributed by atoms with Gasteiger partial charge in [0.25, 0.3) is 0 Å². The molecule has 2 aromatic rings. The Balaban J connectivity index is 2.28. The van der Waals surface area contributed by atoms with E-state index in [2.05, 4.69) is 20.6 Å². The Bertz CT molecular complexity index is 558. The summed E-state index contributed by atoms with van der Waals surface area (Å²) in [5.74, 6) is 1.53. The molecule has 0 amide bonds. The number of para-hydroxylation sites is 1. The molecule has 6 nitrogen and oxygen atoms in total. The van der Waals surface area contributed by atoms with Gasteiger partial charge in [-0.1, -0.05) is 18.2 Å². The molecule has 0 aliphatic carbocycles. The van der Waals surface area contributed by atoms with Crippen molar-refractivity contribution in [1.82, 2.24) is 9.97 Å². The van der Waals surface area contributed by atoms with Crippen LogP contribution in [0.15, 0.2) is 30.3 Å². The van der Waals surface area contributed by atoms with Crippen LogP contribution in [-0.2, 0) is 11.3 Å². The Kier molecular flexibility index (Phi) is 4.15. The Labute approximate surface area is 112 Å². The highest BCUT2D eigenvalue weighted by atomic mass is 16.5. The first-order chi connectivity index (χ1) is 9.22. The largest absolute Gasteiger partial charge is 0.380 e. The van der Waals surface area contributed by atoms with Gasteiger partial charge in [-0.05, 0) is 6.07 Å². The fraction of sp³-hybridized carbons (Fsp3) is 0.231. The van der Waals surface area contributed by atoms with Crippen LogP contribution in [0.25, 0.3) is 0 Å². The number of hydrogen-bond acceptors (Lipinski definition) is 6. The topological polar surface area (TPSA) is 85.1 Å². The molecule has 100 valence electrons. The normalized spacial score (nSPS) is 10.2. The number of ether oxygens (including phenoxy) is 1. The van der Waals surface area contributed by atoms with Crippen molar-refractivity contribution in [2.75, 3.05) is 30.5 Å². The maximum Gasteiger partial charge on any atom is 0.223 e. The number of hydrogen-bond donors (Lipinski definition) is 3. The highest BCUT2D eigenvalue weighted by molar-refractivity contribution is 5.63. The molecule has 2 rings (SSSR count). The van der Waals surface area contributed by atoms with Crippen LogP contribution in [0.1, 0.15) is 5.56 Å². The van der Waals surface area contributed by atoms with Crippen LogP contribution in [0.2, 0.25) is 0 Å². The average Bonchev–Trinajstić information content (AvgIpc) is 2.40. The van der Waals surface area contributed by atoms with E-state index < -0.39 is 0 Å². The summed E-state index contributed by atoms with van der Waals surface area (Å²) >= 11 is 0. The number of aromatic nitrogens is 2. The minimum Gasteiger partial charge on any atom is -0.380 e. The van der Waals surface area contributed by atoms with Gasteiger partial charge in [-0.25, -0.2) is 0 Å². The zero-order valence-electron chi connectivity index (χ0n) is 11.0. The van der Waals surface area contributed by atoms with Crippen LogP contribution in [0, 0.1) is 0 Å². The Hall–Kier alpha value is -2.34. The molecule has 0 radical (unpaired) electrons. The van der Waals surface area contributed by atoms with Crippen molar-refractivity contribution in [2.45, 2.75) is 6.61 Å². The minimum atomic E-state index is 0.221. The van der Waals surface area contributed by atoms with E-state index in [9.17, 15) is 0 Å². The van der Waals surface area contributed by atoms with E-state index >= 15 is 0 Å². The van der Waals surface area contributed by atoms with Crippen LogP contribution < -0.4 is 16.4 Å². The molecule has 0 bridgehead atoms. The van der Waals surface area contributed by atoms with E-state index in [-0.39, 0.29) is 5.95 Å². The van der Waals surface area contributed by atoms with Gasteiger partial charge >= 0.3 is 0 Å².